The Morgan fingerprint density at radius 3 is 2.47 bits per heavy atom. The van der Waals surface area contributed by atoms with Gasteiger partial charge in [0, 0.05) is 15.5 Å². The maximum Gasteiger partial charge on any atom is 0.142 e. The molecule has 1 atom stereocenters. The van der Waals surface area contributed by atoms with Gasteiger partial charge >= 0.3 is 0 Å². The molecule has 0 aliphatic rings. The first-order valence-electron chi connectivity index (χ1n) is 5.62. The Morgan fingerprint density at radius 1 is 1.11 bits per heavy atom. The van der Waals surface area contributed by atoms with Crippen molar-refractivity contribution in [1.82, 2.24) is 0 Å². The molecule has 0 bridgehead atoms. The first kappa shape index (κ1) is 14.8. The molecule has 2 aromatic carbocycles. The van der Waals surface area contributed by atoms with Crippen molar-refractivity contribution in [2.75, 3.05) is 0 Å². The van der Waals surface area contributed by atoms with Gasteiger partial charge in [-0.25, -0.2) is 4.39 Å². The van der Waals surface area contributed by atoms with Crippen LogP contribution in [0.3, 0.4) is 0 Å². The predicted octanol–water partition coefficient (Wildman–Crippen LogP) is 5.14. The normalized spacial score (nSPS) is 12.5. The molecule has 1 unspecified atom stereocenters. The molecule has 0 amide bonds. The van der Waals surface area contributed by atoms with E-state index in [-0.39, 0.29) is 11.1 Å². The minimum atomic E-state index is -0.437. The van der Waals surface area contributed by atoms with Gasteiger partial charge in [0.2, 0.25) is 0 Å². The summed E-state index contributed by atoms with van der Waals surface area (Å²) in [7, 11) is 0. The van der Waals surface area contributed by atoms with Crippen LogP contribution in [0, 0.1) is 5.82 Å². The Kier molecular flexibility index (Phi) is 4.85. The second kappa shape index (κ2) is 6.23. The lowest BCUT2D eigenvalue weighted by atomic mass is 9.99. The van der Waals surface area contributed by atoms with Crippen molar-refractivity contribution in [3.8, 4) is 0 Å². The van der Waals surface area contributed by atoms with Gasteiger partial charge in [0.25, 0.3) is 0 Å². The minimum Gasteiger partial charge on any atom is -0.324 e. The van der Waals surface area contributed by atoms with Gasteiger partial charge in [-0.1, -0.05) is 51.3 Å². The van der Waals surface area contributed by atoms with Gasteiger partial charge in [-0.15, -0.1) is 0 Å². The zero-order valence-electron chi connectivity index (χ0n) is 9.84. The van der Waals surface area contributed by atoms with Gasteiger partial charge in [0.05, 0.1) is 5.02 Å². The molecule has 0 fully saturated rings. The average Bonchev–Trinajstić information content (AvgIpc) is 2.33. The number of nitrogens with two attached hydrogens (primary N) is 1. The van der Waals surface area contributed by atoms with Crippen LogP contribution in [0.15, 0.2) is 40.9 Å². The van der Waals surface area contributed by atoms with Crippen molar-refractivity contribution in [3.05, 3.63) is 67.9 Å². The van der Waals surface area contributed by atoms with Crippen molar-refractivity contribution in [3.63, 3.8) is 0 Å². The van der Waals surface area contributed by atoms with E-state index in [9.17, 15) is 4.39 Å². The van der Waals surface area contributed by atoms with E-state index in [1.165, 1.54) is 12.1 Å². The molecule has 1 nitrogen and oxygen atoms in total. The third-order valence-electron chi connectivity index (χ3n) is 2.80. The molecule has 0 aromatic heterocycles. The van der Waals surface area contributed by atoms with Gasteiger partial charge in [0.1, 0.15) is 5.82 Å². The van der Waals surface area contributed by atoms with E-state index >= 15 is 0 Å². The first-order valence-corrected chi connectivity index (χ1v) is 7.16. The summed E-state index contributed by atoms with van der Waals surface area (Å²) in [5.74, 6) is -0.437. The zero-order chi connectivity index (χ0) is 14.0. The molecule has 19 heavy (non-hydrogen) atoms. The maximum atomic E-state index is 13.4. The van der Waals surface area contributed by atoms with Crippen LogP contribution in [-0.4, -0.2) is 0 Å². The standard InChI is InChI=1S/C14H11BrCl2FN/c15-9-2-3-10(12(17)7-9)14(19)6-8-1-4-11(16)13(18)5-8/h1-5,7,14H,6,19H2. The van der Waals surface area contributed by atoms with E-state index in [1.54, 1.807) is 12.1 Å². The Balaban J connectivity index is 2.20. The lowest BCUT2D eigenvalue weighted by Gasteiger charge is -2.14. The van der Waals surface area contributed by atoms with Crippen LogP contribution >= 0.6 is 39.1 Å². The fourth-order valence-corrected chi connectivity index (χ4v) is 2.76. The molecular formula is C14H11BrCl2FN. The molecule has 0 aliphatic heterocycles. The Bertz CT molecular complexity index is 604. The van der Waals surface area contributed by atoms with Crippen molar-refractivity contribution < 1.29 is 4.39 Å². The fourth-order valence-electron chi connectivity index (χ4n) is 1.83. The Hall–Kier alpha value is -0.610. The number of hydrogen-bond acceptors (Lipinski definition) is 1. The molecule has 2 rings (SSSR count). The van der Waals surface area contributed by atoms with Crippen LogP contribution < -0.4 is 5.73 Å². The molecule has 0 saturated carbocycles. The van der Waals surface area contributed by atoms with E-state index in [0.717, 1.165) is 15.6 Å². The molecule has 0 spiro atoms. The molecule has 2 aromatic rings. The number of halogens is 4. The van der Waals surface area contributed by atoms with Crippen LogP contribution in [0.25, 0.3) is 0 Å². The summed E-state index contributed by atoms with van der Waals surface area (Å²) in [6.45, 7) is 0. The molecule has 0 aliphatic carbocycles. The predicted molar refractivity (Wildman–Crippen MR) is 81.2 cm³/mol. The fraction of sp³-hybridized carbons (Fsp3) is 0.143. The maximum absolute atomic E-state index is 13.4. The average molecular weight is 363 g/mol. The smallest absolute Gasteiger partial charge is 0.142 e. The first-order chi connectivity index (χ1) is 8.97. The lowest BCUT2D eigenvalue weighted by Crippen LogP contribution is -2.14. The van der Waals surface area contributed by atoms with Crippen molar-refractivity contribution in [2.24, 2.45) is 5.73 Å². The van der Waals surface area contributed by atoms with Crippen molar-refractivity contribution in [2.45, 2.75) is 12.5 Å². The van der Waals surface area contributed by atoms with E-state index < -0.39 is 5.82 Å². The van der Waals surface area contributed by atoms with Crippen LogP contribution in [0.2, 0.25) is 10.0 Å². The summed E-state index contributed by atoms with van der Waals surface area (Å²) >= 11 is 15.1. The largest absolute Gasteiger partial charge is 0.324 e. The number of benzene rings is 2. The van der Waals surface area contributed by atoms with Gasteiger partial charge in [-0.3, -0.25) is 0 Å². The third-order valence-corrected chi connectivity index (χ3v) is 3.93. The van der Waals surface area contributed by atoms with Crippen LogP contribution in [0.5, 0.6) is 0 Å². The van der Waals surface area contributed by atoms with E-state index in [4.69, 9.17) is 28.9 Å². The summed E-state index contributed by atoms with van der Waals surface area (Å²) in [6, 6.07) is 9.93. The van der Waals surface area contributed by atoms with Gasteiger partial charge in [-0.2, -0.15) is 0 Å². The third kappa shape index (κ3) is 3.69. The second-order valence-electron chi connectivity index (χ2n) is 4.22. The minimum absolute atomic E-state index is 0.110. The summed E-state index contributed by atoms with van der Waals surface area (Å²) in [5, 5.41) is 0.704. The molecule has 100 valence electrons. The highest BCUT2D eigenvalue weighted by Gasteiger charge is 2.12. The van der Waals surface area contributed by atoms with Crippen LogP contribution in [0.4, 0.5) is 4.39 Å². The van der Waals surface area contributed by atoms with E-state index in [2.05, 4.69) is 15.9 Å². The highest BCUT2D eigenvalue weighted by atomic mass is 79.9. The highest BCUT2D eigenvalue weighted by molar-refractivity contribution is 9.10. The topological polar surface area (TPSA) is 26.0 Å². The highest BCUT2D eigenvalue weighted by Crippen LogP contribution is 2.28. The van der Waals surface area contributed by atoms with Crippen molar-refractivity contribution in [1.29, 1.82) is 0 Å². The summed E-state index contributed by atoms with van der Waals surface area (Å²) in [4.78, 5) is 0. The lowest BCUT2D eigenvalue weighted by molar-refractivity contribution is 0.622. The van der Waals surface area contributed by atoms with E-state index in [1.807, 2.05) is 12.1 Å². The molecule has 0 radical (unpaired) electrons. The van der Waals surface area contributed by atoms with Gasteiger partial charge in [-0.05, 0) is 41.8 Å². The Morgan fingerprint density at radius 2 is 1.84 bits per heavy atom. The molecule has 0 heterocycles. The van der Waals surface area contributed by atoms with Crippen LogP contribution in [0.1, 0.15) is 17.2 Å². The summed E-state index contributed by atoms with van der Waals surface area (Å²) in [6.07, 6.45) is 0.495. The second-order valence-corrected chi connectivity index (χ2v) is 5.95. The SMILES string of the molecule is NC(Cc1ccc(Cl)c(F)c1)c1ccc(Br)cc1Cl. The Labute approximate surface area is 129 Å². The van der Waals surface area contributed by atoms with Crippen LogP contribution in [-0.2, 0) is 6.42 Å². The summed E-state index contributed by atoms with van der Waals surface area (Å²) < 4.78 is 14.3. The molecule has 0 saturated heterocycles. The quantitative estimate of drug-likeness (QED) is 0.803. The van der Waals surface area contributed by atoms with Gasteiger partial charge in [0.15, 0.2) is 0 Å². The number of hydrogen-bond donors (Lipinski definition) is 1. The van der Waals surface area contributed by atoms with E-state index in [0.29, 0.717) is 11.4 Å². The monoisotopic (exact) mass is 361 g/mol. The van der Waals surface area contributed by atoms with Gasteiger partial charge < -0.3 is 5.73 Å². The summed E-state index contributed by atoms with van der Waals surface area (Å²) in [5.41, 5.74) is 7.73. The molecular weight excluding hydrogens is 352 g/mol. The molecule has 2 N–H and O–H groups in total. The number of rotatable bonds is 3. The molecule has 5 heteroatoms. The zero-order valence-corrected chi connectivity index (χ0v) is 12.9. The van der Waals surface area contributed by atoms with Crippen molar-refractivity contribution >= 4 is 39.1 Å².